The van der Waals surface area contributed by atoms with Crippen molar-refractivity contribution in [3.8, 4) is 0 Å². The summed E-state index contributed by atoms with van der Waals surface area (Å²) in [7, 11) is 1.57. The van der Waals surface area contributed by atoms with Crippen molar-refractivity contribution in [1.29, 1.82) is 0 Å². The normalized spacial score (nSPS) is 8.40. The van der Waals surface area contributed by atoms with Gasteiger partial charge in [0, 0.05) is 7.11 Å². The van der Waals surface area contributed by atoms with E-state index in [4.69, 9.17) is 11.6 Å². The largest absolute Gasteiger partial charge is 0.377 e. The minimum atomic E-state index is 0.469. The second-order valence-electron chi connectivity index (χ2n) is 0.557. The Balaban J connectivity index is 2.19. The van der Waals surface area contributed by atoms with E-state index < -0.39 is 0 Å². The molecule has 0 aromatic rings. The van der Waals surface area contributed by atoms with Crippen LogP contribution in [0.1, 0.15) is 0 Å². The first-order valence-corrected chi connectivity index (χ1v) is 1.85. The summed E-state index contributed by atoms with van der Waals surface area (Å²) in [5.41, 5.74) is 0. The Morgan fingerprint density at radius 2 is 2.60 bits per heavy atom. The van der Waals surface area contributed by atoms with Crippen molar-refractivity contribution >= 4 is 11.6 Å². The van der Waals surface area contributed by atoms with Crippen LogP contribution in [0.4, 0.5) is 0 Å². The highest BCUT2D eigenvalue weighted by Crippen LogP contribution is 1.78. The molecular weight excluding hydrogens is 87.5 g/mol. The van der Waals surface area contributed by atoms with Crippen LogP contribution in [0.3, 0.4) is 0 Å². The maximum absolute atomic E-state index is 5.12. The van der Waals surface area contributed by atoms with E-state index >= 15 is 0 Å². The predicted octanol–water partition coefficient (Wildman–Crippen LogP) is 1.03. The summed E-state index contributed by atoms with van der Waals surface area (Å²) in [6, 6.07) is 0. The first-order valence-electron chi connectivity index (χ1n) is 1.32. The fourth-order valence-corrected chi connectivity index (χ4v) is 0.189. The van der Waals surface area contributed by atoms with Crippen LogP contribution in [-0.2, 0) is 4.74 Å². The van der Waals surface area contributed by atoms with Crippen LogP contribution in [0.5, 0.6) is 0 Å². The number of hydrogen-bond acceptors (Lipinski definition) is 1. The van der Waals surface area contributed by atoms with Crippen molar-refractivity contribution in [3.05, 3.63) is 6.61 Å². The number of alkyl halides is 1. The second-order valence-corrected chi connectivity index (χ2v) is 0.865. The lowest BCUT2D eigenvalue weighted by Crippen LogP contribution is -1.75. The zero-order valence-corrected chi connectivity index (χ0v) is 3.83. The first-order chi connectivity index (χ1) is 2.41. The highest BCUT2D eigenvalue weighted by atomic mass is 35.5. The maximum atomic E-state index is 5.12. The number of ether oxygens (including phenoxy) is 1. The summed E-state index contributed by atoms with van der Waals surface area (Å²) >= 11 is 5.12. The minimum Gasteiger partial charge on any atom is -0.377 e. The molecule has 0 aliphatic carbocycles. The van der Waals surface area contributed by atoms with Crippen LogP contribution in [-0.4, -0.2) is 13.0 Å². The van der Waals surface area contributed by atoms with Gasteiger partial charge in [0.2, 0.25) is 0 Å². The van der Waals surface area contributed by atoms with Gasteiger partial charge in [-0.05, 0) is 0 Å². The van der Waals surface area contributed by atoms with Crippen molar-refractivity contribution in [1.82, 2.24) is 0 Å². The topological polar surface area (TPSA) is 9.23 Å². The molecule has 31 valence electrons. The summed E-state index contributed by atoms with van der Waals surface area (Å²) in [6.45, 7) is 1.52. The Morgan fingerprint density at radius 3 is 2.60 bits per heavy atom. The van der Waals surface area contributed by atoms with E-state index in [0.29, 0.717) is 5.88 Å². The third-order valence-electron chi connectivity index (χ3n) is 0.230. The maximum Gasteiger partial charge on any atom is 0.0979 e. The third kappa shape index (κ3) is 4.25. The second kappa shape index (κ2) is 4.25. The highest BCUT2D eigenvalue weighted by Gasteiger charge is 1.70. The summed E-state index contributed by atoms with van der Waals surface area (Å²) < 4.78 is 4.43. The minimum absolute atomic E-state index is 0.469. The molecule has 1 nitrogen and oxygen atoms in total. The van der Waals surface area contributed by atoms with Crippen molar-refractivity contribution in [2.75, 3.05) is 13.0 Å². The molecule has 5 heavy (non-hydrogen) atoms. The van der Waals surface area contributed by atoms with Gasteiger partial charge in [0.15, 0.2) is 0 Å². The number of halogens is 1. The van der Waals surface area contributed by atoms with Crippen LogP contribution in [0, 0.1) is 6.61 Å². The molecule has 0 fully saturated rings. The van der Waals surface area contributed by atoms with E-state index in [1.807, 2.05) is 0 Å². The van der Waals surface area contributed by atoms with Gasteiger partial charge in [-0.3, -0.25) is 0 Å². The zero-order chi connectivity index (χ0) is 4.12. The molecule has 0 saturated carbocycles. The van der Waals surface area contributed by atoms with Gasteiger partial charge in [-0.25, -0.2) is 0 Å². The molecule has 0 aromatic heterocycles. The Hall–Kier alpha value is 0.250. The molecule has 0 spiro atoms. The average Bonchev–Trinajstić information content (AvgIpc) is 1.41. The molecule has 0 aliphatic heterocycles. The van der Waals surface area contributed by atoms with Crippen molar-refractivity contribution in [2.45, 2.75) is 0 Å². The lowest BCUT2D eigenvalue weighted by atomic mass is 10.9. The van der Waals surface area contributed by atoms with E-state index in [0.717, 1.165) is 0 Å². The van der Waals surface area contributed by atoms with Crippen LogP contribution in [0.25, 0.3) is 0 Å². The number of hydrogen-bond donors (Lipinski definition) is 0. The number of rotatable bonds is 2. The van der Waals surface area contributed by atoms with E-state index in [-0.39, 0.29) is 0 Å². The van der Waals surface area contributed by atoms with E-state index in [1.165, 1.54) is 6.61 Å². The third-order valence-corrected chi connectivity index (χ3v) is 0.356. The van der Waals surface area contributed by atoms with Crippen LogP contribution in [0.2, 0.25) is 0 Å². The smallest absolute Gasteiger partial charge is 0.0979 e. The molecule has 2 heteroatoms. The predicted molar refractivity (Wildman–Crippen MR) is 22.0 cm³/mol. The molecule has 0 atom stereocenters. The first kappa shape index (κ1) is 5.25. The fraction of sp³-hybridized carbons (Fsp3) is 0.667. The summed E-state index contributed by atoms with van der Waals surface area (Å²) in [6.07, 6.45) is 0. The molecule has 0 aromatic carbocycles. The number of methoxy groups -OCH3 is 1. The highest BCUT2D eigenvalue weighted by molar-refractivity contribution is 6.18. The van der Waals surface area contributed by atoms with Gasteiger partial charge in [0.05, 0.1) is 12.5 Å². The van der Waals surface area contributed by atoms with Crippen molar-refractivity contribution in [3.63, 3.8) is 0 Å². The van der Waals surface area contributed by atoms with Gasteiger partial charge in [0.25, 0.3) is 0 Å². The standard InChI is InChI=1S/C3H6ClO/c1-5-3-2-4/h3H,2H2,1H3. The quantitative estimate of drug-likeness (QED) is 0.464. The Kier molecular flexibility index (Phi) is 4.46. The summed E-state index contributed by atoms with van der Waals surface area (Å²) in [5, 5.41) is 0. The van der Waals surface area contributed by atoms with Gasteiger partial charge in [-0.15, -0.1) is 11.6 Å². The van der Waals surface area contributed by atoms with Crippen LogP contribution < -0.4 is 0 Å². The SMILES string of the molecule is CO[CH]CCl. The molecule has 0 saturated heterocycles. The van der Waals surface area contributed by atoms with Gasteiger partial charge in [-0.1, -0.05) is 0 Å². The summed E-state index contributed by atoms with van der Waals surface area (Å²) in [5.74, 6) is 0.469. The zero-order valence-electron chi connectivity index (χ0n) is 3.07. The van der Waals surface area contributed by atoms with Gasteiger partial charge in [-0.2, -0.15) is 0 Å². The molecule has 0 amide bonds. The van der Waals surface area contributed by atoms with Gasteiger partial charge >= 0.3 is 0 Å². The molecule has 0 heterocycles. The summed E-state index contributed by atoms with van der Waals surface area (Å²) in [4.78, 5) is 0. The Morgan fingerprint density at radius 1 is 2.00 bits per heavy atom. The van der Waals surface area contributed by atoms with E-state index in [1.54, 1.807) is 7.11 Å². The molecule has 1 radical (unpaired) electrons. The van der Waals surface area contributed by atoms with Gasteiger partial charge < -0.3 is 4.74 Å². The Labute approximate surface area is 36.9 Å². The van der Waals surface area contributed by atoms with E-state index in [2.05, 4.69) is 4.74 Å². The van der Waals surface area contributed by atoms with Crippen LogP contribution >= 0.6 is 11.6 Å². The van der Waals surface area contributed by atoms with E-state index in [9.17, 15) is 0 Å². The molecule has 0 rings (SSSR count). The molecule has 0 aliphatic rings. The van der Waals surface area contributed by atoms with Crippen molar-refractivity contribution in [2.24, 2.45) is 0 Å². The lowest BCUT2D eigenvalue weighted by molar-refractivity contribution is 0.284. The monoisotopic (exact) mass is 93.0 g/mol. The van der Waals surface area contributed by atoms with Gasteiger partial charge in [0.1, 0.15) is 0 Å². The molecular formula is C3H6ClO. The average molecular weight is 93.5 g/mol. The lowest BCUT2D eigenvalue weighted by Gasteiger charge is -1.81. The molecule has 0 N–H and O–H groups in total. The molecule has 0 unspecified atom stereocenters. The fourth-order valence-electron chi connectivity index (χ4n) is 0.0630. The van der Waals surface area contributed by atoms with Crippen molar-refractivity contribution < 1.29 is 4.74 Å². The molecule has 0 bridgehead atoms. The van der Waals surface area contributed by atoms with Crippen LogP contribution in [0.15, 0.2) is 0 Å². The Bertz CT molecular complexity index is 14.4.